The molecule has 2 aromatic carbocycles. The Kier molecular flexibility index (Phi) is 5.50. The standard InChI is InChI=1S/C22H20N4O2S/c27-29(28,24-15-20-13-7-8-14-23-20)21-17-26(16-18-9-3-1-4-10-18)25-22(21)19-11-5-2-6-12-19/h1-14,17,24H,15-16H2. The fourth-order valence-corrected chi connectivity index (χ4v) is 4.16. The van der Waals surface area contributed by atoms with E-state index >= 15 is 0 Å². The van der Waals surface area contributed by atoms with E-state index in [1.165, 1.54) is 0 Å². The first-order valence-corrected chi connectivity index (χ1v) is 10.7. The summed E-state index contributed by atoms with van der Waals surface area (Å²) in [6.45, 7) is 0.595. The lowest BCUT2D eigenvalue weighted by atomic mass is 10.2. The van der Waals surface area contributed by atoms with Gasteiger partial charge in [0.25, 0.3) is 0 Å². The van der Waals surface area contributed by atoms with Crippen LogP contribution in [0.3, 0.4) is 0 Å². The van der Waals surface area contributed by atoms with Crippen LogP contribution in [0.4, 0.5) is 0 Å². The second-order valence-electron chi connectivity index (χ2n) is 6.54. The van der Waals surface area contributed by atoms with Gasteiger partial charge in [-0.2, -0.15) is 5.10 Å². The van der Waals surface area contributed by atoms with Crippen LogP contribution in [0.2, 0.25) is 0 Å². The summed E-state index contributed by atoms with van der Waals surface area (Å²) >= 11 is 0. The zero-order valence-electron chi connectivity index (χ0n) is 15.6. The summed E-state index contributed by atoms with van der Waals surface area (Å²) < 4.78 is 30.4. The van der Waals surface area contributed by atoms with Gasteiger partial charge in [-0.15, -0.1) is 0 Å². The first kappa shape index (κ1) is 19.0. The van der Waals surface area contributed by atoms with Gasteiger partial charge in [0, 0.05) is 18.0 Å². The molecule has 4 rings (SSSR count). The van der Waals surface area contributed by atoms with E-state index in [2.05, 4.69) is 14.8 Å². The summed E-state index contributed by atoms with van der Waals surface area (Å²) in [6, 6.07) is 24.5. The van der Waals surface area contributed by atoms with Crippen molar-refractivity contribution in [3.8, 4) is 11.3 Å². The minimum atomic E-state index is -3.78. The predicted octanol–water partition coefficient (Wildman–Crippen LogP) is 3.47. The Balaban J connectivity index is 1.68. The molecule has 4 aromatic rings. The summed E-state index contributed by atoms with van der Waals surface area (Å²) in [5, 5.41) is 4.58. The zero-order valence-corrected chi connectivity index (χ0v) is 16.5. The van der Waals surface area contributed by atoms with E-state index in [1.54, 1.807) is 29.2 Å². The van der Waals surface area contributed by atoms with Gasteiger partial charge < -0.3 is 0 Å². The highest BCUT2D eigenvalue weighted by molar-refractivity contribution is 7.89. The molecular weight excluding hydrogens is 384 g/mol. The third kappa shape index (κ3) is 4.59. The summed E-state index contributed by atoms with van der Waals surface area (Å²) in [7, 11) is -3.78. The Bertz CT molecular complexity index is 1180. The largest absolute Gasteiger partial charge is 0.266 e. The van der Waals surface area contributed by atoms with Crippen molar-refractivity contribution in [1.82, 2.24) is 19.5 Å². The van der Waals surface area contributed by atoms with Gasteiger partial charge in [0.1, 0.15) is 10.6 Å². The molecule has 0 unspecified atom stereocenters. The third-order valence-corrected chi connectivity index (χ3v) is 5.82. The average Bonchev–Trinajstić information content (AvgIpc) is 3.19. The Morgan fingerprint density at radius 3 is 2.24 bits per heavy atom. The number of hydrogen-bond donors (Lipinski definition) is 1. The molecule has 0 saturated carbocycles. The minimum absolute atomic E-state index is 0.112. The van der Waals surface area contributed by atoms with Crippen LogP contribution >= 0.6 is 0 Å². The van der Waals surface area contributed by atoms with Crippen LogP contribution in [0.15, 0.2) is 96.2 Å². The Morgan fingerprint density at radius 1 is 0.862 bits per heavy atom. The van der Waals surface area contributed by atoms with E-state index in [1.807, 2.05) is 66.7 Å². The van der Waals surface area contributed by atoms with Crippen LogP contribution in [0.1, 0.15) is 11.3 Å². The van der Waals surface area contributed by atoms with Crippen LogP contribution in [0.25, 0.3) is 11.3 Å². The molecule has 0 fully saturated rings. The number of nitrogens with one attached hydrogen (secondary N) is 1. The summed E-state index contributed by atoms with van der Waals surface area (Å²) in [5.74, 6) is 0. The number of sulfonamides is 1. The molecule has 0 saturated heterocycles. The van der Waals surface area contributed by atoms with Gasteiger partial charge >= 0.3 is 0 Å². The van der Waals surface area contributed by atoms with Crippen molar-refractivity contribution in [2.45, 2.75) is 18.0 Å². The highest BCUT2D eigenvalue weighted by Crippen LogP contribution is 2.26. The molecule has 0 aliphatic rings. The Labute approximate surface area is 169 Å². The van der Waals surface area contributed by atoms with E-state index in [9.17, 15) is 8.42 Å². The van der Waals surface area contributed by atoms with E-state index in [-0.39, 0.29) is 11.4 Å². The first-order chi connectivity index (χ1) is 14.1. The monoisotopic (exact) mass is 404 g/mol. The Morgan fingerprint density at radius 2 is 1.55 bits per heavy atom. The highest BCUT2D eigenvalue weighted by atomic mass is 32.2. The second-order valence-corrected chi connectivity index (χ2v) is 8.27. The van der Waals surface area contributed by atoms with Crippen molar-refractivity contribution in [2.24, 2.45) is 0 Å². The van der Waals surface area contributed by atoms with Crippen LogP contribution in [0.5, 0.6) is 0 Å². The lowest BCUT2D eigenvalue weighted by Crippen LogP contribution is -2.24. The summed E-state index contributed by atoms with van der Waals surface area (Å²) in [4.78, 5) is 4.32. The predicted molar refractivity (Wildman–Crippen MR) is 111 cm³/mol. The normalized spacial score (nSPS) is 11.4. The molecule has 0 aliphatic carbocycles. The van der Waals surface area contributed by atoms with Crippen molar-refractivity contribution in [1.29, 1.82) is 0 Å². The average molecular weight is 404 g/mol. The van der Waals surface area contributed by atoms with Gasteiger partial charge in [0.2, 0.25) is 10.0 Å². The summed E-state index contributed by atoms with van der Waals surface area (Å²) in [6.07, 6.45) is 3.22. The molecule has 0 amide bonds. The van der Waals surface area contributed by atoms with Gasteiger partial charge in [0.15, 0.2) is 0 Å². The number of rotatable bonds is 7. The van der Waals surface area contributed by atoms with Crippen LogP contribution in [-0.2, 0) is 23.1 Å². The van der Waals surface area contributed by atoms with Crippen LogP contribution in [0, 0.1) is 0 Å². The van der Waals surface area contributed by atoms with Crippen molar-refractivity contribution in [2.75, 3.05) is 0 Å². The third-order valence-electron chi connectivity index (χ3n) is 4.42. The van der Waals surface area contributed by atoms with Crippen molar-refractivity contribution < 1.29 is 8.42 Å². The maximum Gasteiger partial charge on any atom is 0.244 e. The van der Waals surface area contributed by atoms with Gasteiger partial charge in [-0.3, -0.25) is 9.67 Å². The molecule has 1 N–H and O–H groups in total. The minimum Gasteiger partial charge on any atom is -0.266 e. The van der Waals surface area contributed by atoms with Crippen molar-refractivity contribution in [3.63, 3.8) is 0 Å². The summed E-state index contributed by atoms with van der Waals surface area (Å²) in [5.41, 5.74) is 2.86. The van der Waals surface area contributed by atoms with Gasteiger partial charge in [-0.25, -0.2) is 13.1 Å². The smallest absolute Gasteiger partial charge is 0.244 e. The number of hydrogen-bond acceptors (Lipinski definition) is 4. The number of benzene rings is 2. The molecule has 0 radical (unpaired) electrons. The fraction of sp³-hybridized carbons (Fsp3) is 0.0909. The van der Waals surface area contributed by atoms with E-state index in [0.29, 0.717) is 17.9 Å². The SMILES string of the molecule is O=S(=O)(NCc1ccccn1)c1cn(Cc2ccccc2)nc1-c1ccccc1. The number of nitrogens with zero attached hydrogens (tertiary/aromatic N) is 3. The highest BCUT2D eigenvalue weighted by Gasteiger charge is 2.23. The zero-order chi connectivity index (χ0) is 20.1. The van der Waals surface area contributed by atoms with Crippen LogP contribution < -0.4 is 4.72 Å². The van der Waals surface area contributed by atoms with Gasteiger partial charge in [0.05, 0.1) is 18.8 Å². The topological polar surface area (TPSA) is 76.9 Å². The maximum absolute atomic E-state index is 13.1. The molecule has 6 nitrogen and oxygen atoms in total. The molecule has 2 heterocycles. The molecule has 0 spiro atoms. The number of aromatic nitrogens is 3. The molecule has 29 heavy (non-hydrogen) atoms. The quantitative estimate of drug-likeness (QED) is 0.512. The molecule has 146 valence electrons. The van der Waals surface area contributed by atoms with Crippen LogP contribution in [-0.4, -0.2) is 23.2 Å². The fourth-order valence-electron chi connectivity index (χ4n) is 3.00. The van der Waals surface area contributed by atoms with Crippen molar-refractivity contribution in [3.05, 3.63) is 103 Å². The molecule has 0 aliphatic heterocycles. The molecule has 0 atom stereocenters. The lowest BCUT2D eigenvalue weighted by molar-refractivity contribution is 0.580. The number of pyridine rings is 1. The van der Waals surface area contributed by atoms with Gasteiger partial charge in [-0.05, 0) is 17.7 Å². The van der Waals surface area contributed by atoms with E-state index < -0.39 is 10.0 Å². The molecule has 2 aromatic heterocycles. The van der Waals surface area contributed by atoms with Crippen molar-refractivity contribution >= 4 is 10.0 Å². The van der Waals surface area contributed by atoms with E-state index in [4.69, 9.17) is 0 Å². The molecular formula is C22H20N4O2S. The molecule has 0 bridgehead atoms. The second kappa shape index (κ2) is 8.38. The first-order valence-electron chi connectivity index (χ1n) is 9.18. The van der Waals surface area contributed by atoms with Gasteiger partial charge in [-0.1, -0.05) is 66.7 Å². The maximum atomic E-state index is 13.1. The lowest BCUT2D eigenvalue weighted by Gasteiger charge is -2.06. The molecule has 7 heteroatoms. The Hall–Kier alpha value is -3.29. The van der Waals surface area contributed by atoms with E-state index in [0.717, 1.165) is 11.1 Å².